The Morgan fingerprint density at radius 3 is 2.74 bits per heavy atom. The molecule has 3 aromatic rings. The van der Waals surface area contributed by atoms with Crippen molar-refractivity contribution in [3.8, 4) is 11.4 Å². The molecule has 0 aliphatic heterocycles. The number of thiophene rings is 1. The molecule has 3 heterocycles. The number of nitrogens with zero attached hydrogens (tertiary/aromatic N) is 3. The van der Waals surface area contributed by atoms with Crippen molar-refractivity contribution >= 4 is 17.2 Å². The highest BCUT2D eigenvalue weighted by Gasteiger charge is 2.12. The molecule has 0 aromatic carbocycles. The second-order valence-corrected chi connectivity index (χ2v) is 6.03. The van der Waals surface area contributed by atoms with Crippen LogP contribution >= 0.6 is 11.3 Å². The van der Waals surface area contributed by atoms with Crippen molar-refractivity contribution in [1.29, 1.82) is 0 Å². The third kappa shape index (κ3) is 3.98. The Balaban J connectivity index is 1.63. The lowest BCUT2D eigenvalue weighted by Gasteiger charge is -2.13. The van der Waals surface area contributed by atoms with Crippen LogP contribution in [0.4, 0.5) is 0 Å². The summed E-state index contributed by atoms with van der Waals surface area (Å²) in [7, 11) is 0. The zero-order valence-electron chi connectivity index (χ0n) is 12.6. The lowest BCUT2D eigenvalue weighted by molar-refractivity contribution is 0.0939. The lowest BCUT2D eigenvalue weighted by Crippen LogP contribution is -2.34. The molecule has 0 aliphatic carbocycles. The van der Waals surface area contributed by atoms with Gasteiger partial charge in [0, 0.05) is 36.4 Å². The zero-order valence-corrected chi connectivity index (χ0v) is 13.5. The normalized spacial score (nSPS) is 11.9. The molecule has 5 nitrogen and oxygen atoms in total. The minimum absolute atomic E-state index is 0.0510. The molecule has 0 fully saturated rings. The van der Waals surface area contributed by atoms with Crippen molar-refractivity contribution in [3.63, 3.8) is 0 Å². The molecule has 6 heteroatoms. The standard InChI is InChI=1S/C17H16N4OS/c1-12(7-13-4-6-23-11-13)21-17(22)15-9-19-16(20-10-15)14-3-2-5-18-8-14/h2-6,8-12H,7H2,1H3,(H,21,22)/t12-/m0/s1. The highest BCUT2D eigenvalue weighted by molar-refractivity contribution is 7.07. The maximum atomic E-state index is 12.2. The van der Waals surface area contributed by atoms with Crippen LogP contribution in [0.2, 0.25) is 0 Å². The number of aromatic nitrogens is 3. The number of nitrogens with one attached hydrogen (secondary N) is 1. The molecule has 116 valence electrons. The van der Waals surface area contributed by atoms with Gasteiger partial charge in [-0.15, -0.1) is 0 Å². The molecule has 0 unspecified atom stereocenters. The number of hydrogen-bond donors (Lipinski definition) is 1. The van der Waals surface area contributed by atoms with E-state index in [0.717, 1.165) is 12.0 Å². The summed E-state index contributed by atoms with van der Waals surface area (Å²) in [6, 6.07) is 5.82. The Kier molecular flexibility index (Phi) is 4.73. The Morgan fingerprint density at radius 2 is 2.09 bits per heavy atom. The van der Waals surface area contributed by atoms with Gasteiger partial charge < -0.3 is 5.32 Å². The summed E-state index contributed by atoms with van der Waals surface area (Å²) < 4.78 is 0. The summed E-state index contributed by atoms with van der Waals surface area (Å²) >= 11 is 1.66. The van der Waals surface area contributed by atoms with Crippen LogP contribution in [0, 0.1) is 0 Å². The monoisotopic (exact) mass is 324 g/mol. The maximum Gasteiger partial charge on any atom is 0.254 e. The van der Waals surface area contributed by atoms with Crippen molar-refractivity contribution in [2.24, 2.45) is 0 Å². The van der Waals surface area contributed by atoms with E-state index >= 15 is 0 Å². The first-order chi connectivity index (χ1) is 11.2. The Hall–Kier alpha value is -2.60. The average molecular weight is 324 g/mol. The molecule has 0 aliphatic rings. The summed E-state index contributed by atoms with van der Waals surface area (Å²) in [6.07, 6.45) is 7.28. The molecule has 0 saturated heterocycles. The van der Waals surface area contributed by atoms with Gasteiger partial charge in [-0.25, -0.2) is 9.97 Å². The summed E-state index contributed by atoms with van der Waals surface area (Å²) in [5.74, 6) is 0.395. The molecule has 0 saturated carbocycles. The quantitative estimate of drug-likeness (QED) is 0.783. The predicted octanol–water partition coefficient (Wildman–Crippen LogP) is 2.96. The Bertz CT molecular complexity index is 757. The van der Waals surface area contributed by atoms with E-state index in [1.807, 2.05) is 24.4 Å². The minimum Gasteiger partial charge on any atom is -0.349 e. The number of carbonyl (C=O) groups is 1. The van der Waals surface area contributed by atoms with Gasteiger partial charge in [0.1, 0.15) is 0 Å². The van der Waals surface area contributed by atoms with Crippen LogP contribution in [-0.4, -0.2) is 26.9 Å². The van der Waals surface area contributed by atoms with E-state index in [9.17, 15) is 4.79 Å². The van der Waals surface area contributed by atoms with Crippen LogP contribution in [0.15, 0.2) is 53.7 Å². The molecule has 0 spiro atoms. The SMILES string of the molecule is C[C@@H](Cc1ccsc1)NC(=O)c1cnc(-c2cccnc2)nc1. The topological polar surface area (TPSA) is 67.8 Å². The van der Waals surface area contributed by atoms with E-state index in [1.165, 1.54) is 5.56 Å². The van der Waals surface area contributed by atoms with Gasteiger partial charge in [-0.05, 0) is 47.9 Å². The summed E-state index contributed by atoms with van der Waals surface area (Å²) in [5.41, 5.74) is 2.51. The Morgan fingerprint density at radius 1 is 1.26 bits per heavy atom. The molecule has 3 rings (SSSR count). The summed E-state index contributed by atoms with van der Waals surface area (Å²) in [6.45, 7) is 1.99. The molecule has 3 aromatic heterocycles. The van der Waals surface area contributed by atoms with Gasteiger partial charge in [-0.2, -0.15) is 11.3 Å². The van der Waals surface area contributed by atoms with E-state index in [0.29, 0.717) is 11.4 Å². The third-order valence-electron chi connectivity index (χ3n) is 3.33. The first-order valence-electron chi connectivity index (χ1n) is 7.27. The van der Waals surface area contributed by atoms with E-state index in [2.05, 4.69) is 31.7 Å². The van der Waals surface area contributed by atoms with E-state index in [4.69, 9.17) is 0 Å². The number of carbonyl (C=O) groups excluding carboxylic acids is 1. The van der Waals surface area contributed by atoms with Gasteiger partial charge in [0.05, 0.1) is 5.56 Å². The molecule has 0 bridgehead atoms. The summed E-state index contributed by atoms with van der Waals surface area (Å²) in [5, 5.41) is 7.10. The van der Waals surface area contributed by atoms with Gasteiger partial charge in [-0.3, -0.25) is 9.78 Å². The van der Waals surface area contributed by atoms with Crippen molar-refractivity contribution in [1.82, 2.24) is 20.3 Å². The zero-order chi connectivity index (χ0) is 16.1. The number of hydrogen-bond acceptors (Lipinski definition) is 5. The van der Waals surface area contributed by atoms with Gasteiger partial charge >= 0.3 is 0 Å². The Labute approximate surface area is 138 Å². The fourth-order valence-electron chi connectivity index (χ4n) is 2.21. The van der Waals surface area contributed by atoms with Crippen LogP contribution in [0.5, 0.6) is 0 Å². The smallest absolute Gasteiger partial charge is 0.254 e. The number of amides is 1. The highest BCUT2D eigenvalue weighted by atomic mass is 32.1. The molecular weight excluding hydrogens is 308 g/mol. The van der Waals surface area contributed by atoms with Crippen LogP contribution in [0.25, 0.3) is 11.4 Å². The second kappa shape index (κ2) is 7.11. The van der Waals surface area contributed by atoms with E-state index < -0.39 is 0 Å². The molecule has 1 atom stereocenters. The number of pyridine rings is 1. The largest absolute Gasteiger partial charge is 0.349 e. The van der Waals surface area contributed by atoms with Gasteiger partial charge in [0.15, 0.2) is 5.82 Å². The molecule has 1 amide bonds. The van der Waals surface area contributed by atoms with E-state index in [-0.39, 0.29) is 11.9 Å². The van der Waals surface area contributed by atoms with Crippen LogP contribution in [0.3, 0.4) is 0 Å². The van der Waals surface area contributed by atoms with Gasteiger partial charge in [0.25, 0.3) is 5.91 Å². The second-order valence-electron chi connectivity index (χ2n) is 5.25. The van der Waals surface area contributed by atoms with Crippen molar-refractivity contribution in [2.45, 2.75) is 19.4 Å². The fraction of sp³-hybridized carbons (Fsp3) is 0.176. The molecule has 1 N–H and O–H groups in total. The van der Waals surface area contributed by atoms with Gasteiger partial charge in [0.2, 0.25) is 0 Å². The summed E-state index contributed by atoms with van der Waals surface area (Å²) in [4.78, 5) is 24.8. The van der Waals surface area contributed by atoms with Crippen molar-refractivity contribution < 1.29 is 4.79 Å². The van der Waals surface area contributed by atoms with Crippen molar-refractivity contribution in [2.75, 3.05) is 0 Å². The highest BCUT2D eigenvalue weighted by Crippen LogP contribution is 2.12. The first-order valence-corrected chi connectivity index (χ1v) is 8.21. The predicted molar refractivity (Wildman–Crippen MR) is 90.2 cm³/mol. The maximum absolute atomic E-state index is 12.2. The van der Waals surface area contributed by atoms with Crippen LogP contribution in [-0.2, 0) is 6.42 Å². The first kappa shape index (κ1) is 15.3. The lowest BCUT2D eigenvalue weighted by atomic mass is 10.1. The van der Waals surface area contributed by atoms with Crippen LogP contribution in [0.1, 0.15) is 22.8 Å². The number of rotatable bonds is 5. The molecular formula is C17H16N4OS. The van der Waals surface area contributed by atoms with E-state index in [1.54, 1.807) is 36.1 Å². The molecule has 0 radical (unpaired) electrons. The van der Waals surface area contributed by atoms with Crippen molar-refractivity contribution in [3.05, 3.63) is 64.9 Å². The molecule has 23 heavy (non-hydrogen) atoms. The minimum atomic E-state index is -0.162. The average Bonchev–Trinajstić information content (AvgIpc) is 3.08. The third-order valence-corrected chi connectivity index (χ3v) is 4.07. The van der Waals surface area contributed by atoms with Crippen LogP contribution < -0.4 is 5.32 Å². The van der Waals surface area contributed by atoms with Gasteiger partial charge in [-0.1, -0.05) is 0 Å². The fourth-order valence-corrected chi connectivity index (χ4v) is 2.89.